The Morgan fingerprint density at radius 2 is 2.15 bits per heavy atom. The molecule has 0 heterocycles. The minimum atomic E-state index is 0.199. The Labute approximate surface area is 84.7 Å². The van der Waals surface area contributed by atoms with Crippen molar-refractivity contribution in [3.05, 3.63) is 48.1 Å². The summed E-state index contributed by atoms with van der Waals surface area (Å²) in [4.78, 5) is 0. The smallest absolute Gasteiger partial charge is 0.0465 e. The highest BCUT2D eigenvalue weighted by Gasteiger charge is 1.81. The summed E-state index contributed by atoms with van der Waals surface area (Å²) in [6, 6.07) is 0. The van der Waals surface area contributed by atoms with Gasteiger partial charge >= 0.3 is 0 Å². The van der Waals surface area contributed by atoms with Crippen LogP contribution in [0.5, 0.6) is 0 Å². The van der Waals surface area contributed by atoms with Gasteiger partial charge < -0.3 is 5.11 Å². The highest BCUT2D eigenvalue weighted by atomic mass is 35.5. The Balaban J connectivity index is 3.70. The SMILES string of the molecule is C=C/C=C\C(Cl)=C\C/C=C/CCO. The van der Waals surface area contributed by atoms with Crippen LogP contribution in [-0.2, 0) is 0 Å². The first-order chi connectivity index (χ1) is 6.31. The lowest BCUT2D eigenvalue weighted by atomic mass is 10.3. The van der Waals surface area contributed by atoms with Crippen LogP contribution in [0.1, 0.15) is 12.8 Å². The number of halogens is 1. The molecule has 0 aliphatic heterocycles. The van der Waals surface area contributed by atoms with Gasteiger partial charge in [0, 0.05) is 11.6 Å². The van der Waals surface area contributed by atoms with E-state index >= 15 is 0 Å². The molecule has 0 saturated heterocycles. The van der Waals surface area contributed by atoms with Crippen LogP contribution in [0.2, 0.25) is 0 Å². The number of rotatable bonds is 6. The van der Waals surface area contributed by atoms with Crippen LogP contribution in [0.3, 0.4) is 0 Å². The molecule has 0 spiro atoms. The Morgan fingerprint density at radius 1 is 1.38 bits per heavy atom. The summed E-state index contributed by atoms with van der Waals surface area (Å²) in [5, 5.41) is 9.18. The van der Waals surface area contributed by atoms with Crippen molar-refractivity contribution in [3.8, 4) is 0 Å². The van der Waals surface area contributed by atoms with Gasteiger partial charge in [0.1, 0.15) is 0 Å². The summed E-state index contributed by atoms with van der Waals surface area (Å²) < 4.78 is 0. The Bertz CT molecular complexity index is 214. The van der Waals surface area contributed by atoms with Crippen molar-refractivity contribution >= 4 is 11.6 Å². The summed E-state index contributed by atoms with van der Waals surface area (Å²) >= 11 is 5.82. The van der Waals surface area contributed by atoms with Gasteiger partial charge in [-0.25, -0.2) is 0 Å². The fourth-order valence-electron chi connectivity index (χ4n) is 0.697. The van der Waals surface area contributed by atoms with Gasteiger partial charge in [0.05, 0.1) is 0 Å². The van der Waals surface area contributed by atoms with Crippen molar-refractivity contribution in [2.75, 3.05) is 6.61 Å². The van der Waals surface area contributed by atoms with E-state index in [-0.39, 0.29) is 6.61 Å². The Morgan fingerprint density at radius 3 is 2.77 bits per heavy atom. The van der Waals surface area contributed by atoms with Gasteiger partial charge in [-0.3, -0.25) is 0 Å². The van der Waals surface area contributed by atoms with Crippen molar-refractivity contribution < 1.29 is 5.11 Å². The Kier molecular flexibility index (Phi) is 8.73. The first-order valence-electron chi connectivity index (χ1n) is 4.22. The van der Waals surface area contributed by atoms with Gasteiger partial charge in [-0.05, 0) is 18.9 Å². The van der Waals surface area contributed by atoms with Crippen molar-refractivity contribution in [2.24, 2.45) is 0 Å². The molecular formula is C11H15ClO. The fraction of sp³-hybridized carbons (Fsp3) is 0.273. The molecule has 0 rings (SSSR count). The fourth-order valence-corrected chi connectivity index (χ4v) is 0.859. The van der Waals surface area contributed by atoms with Gasteiger partial charge in [-0.1, -0.05) is 48.6 Å². The van der Waals surface area contributed by atoms with Gasteiger partial charge in [0.25, 0.3) is 0 Å². The highest BCUT2D eigenvalue weighted by Crippen LogP contribution is 2.05. The van der Waals surface area contributed by atoms with Crippen molar-refractivity contribution in [1.29, 1.82) is 0 Å². The van der Waals surface area contributed by atoms with Crippen LogP contribution in [0.4, 0.5) is 0 Å². The summed E-state index contributed by atoms with van der Waals surface area (Å²) in [5.41, 5.74) is 0. The van der Waals surface area contributed by atoms with Crippen LogP contribution in [0, 0.1) is 0 Å². The lowest BCUT2D eigenvalue weighted by Gasteiger charge is -1.87. The van der Waals surface area contributed by atoms with E-state index in [1.807, 2.05) is 18.2 Å². The molecule has 0 amide bonds. The third-order valence-corrected chi connectivity index (χ3v) is 1.58. The molecule has 0 aliphatic carbocycles. The molecule has 0 aromatic rings. The summed E-state index contributed by atoms with van der Waals surface area (Å²) in [6.45, 7) is 3.74. The maximum Gasteiger partial charge on any atom is 0.0465 e. The quantitative estimate of drug-likeness (QED) is 0.514. The molecule has 13 heavy (non-hydrogen) atoms. The normalized spacial score (nSPS) is 12.9. The molecule has 0 unspecified atom stereocenters. The molecule has 1 N–H and O–H groups in total. The van der Waals surface area contributed by atoms with E-state index in [2.05, 4.69) is 6.58 Å². The largest absolute Gasteiger partial charge is 0.396 e. The maximum atomic E-state index is 8.48. The topological polar surface area (TPSA) is 20.2 Å². The molecule has 0 bridgehead atoms. The molecule has 0 atom stereocenters. The third-order valence-electron chi connectivity index (χ3n) is 1.30. The van der Waals surface area contributed by atoms with Crippen molar-refractivity contribution in [1.82, 2.24) is 0 Å². The zero-order chi connectivity index (χ0) is 9.94. The molecule has 0 aromatic carbocycles. The summed E-state index contributed by atoms with van der Waals surface area (Å²) in [5.74, 6) is 0. The second-order valence-electron chi connectivity index (χ2n) is 2.40. The predicted molar refractivity (Wildman–Crippen MR) is 58.7 cm³/mol. The van der Waals surface area contributed by atoms with Crippen molar-refractivity contribution in [3.63, 3.8) is 0 Å². The second kappa shape index (κ2) is 9.30. The molecule has 0 saturated carbocycles. The molecule has 0 fully saturated rings. The van der Waals surface area contributed by atoms with Crippen LogP contribution in [-0.4, -0.2) is 11.7 Å². The highest BCUT2D eigenvalue weighted by molar-refractivity contribution is 6.31. The van der Waals surface area contributed by atoms with Gasteiger partial charge in [-0.15, -0.1) is 0 Å². The minimum absolute atomic E-state index is 0.199. The van der Waals surface area contributed by atoms with Crippen molar-refractivity contribution in [2.45, 2.75) is 12.8 Å². The molecular weight excluding hydrogens is 184 g/mol. The molecule has 72 valence electrons. The summed E-state index contributed by atoms with van der Waals surface area (Å²) in [6.07, 6.45) is 12.5. The van der Waals surface area contributed by atoms with E-state index in [1.54, 1.807) is 18.2 Å². The average Bonchev–Trinajstić information content (AvgIpc) is 2.14. The molecule has 1 nitrogen and oxygen atoms in total. The maximum absolute atomic E-state index is 8.48. The number of hydrogen-bond donors (Lipinski definition) is 1. The molecule has 0 aliphatic rings. The zero-order valence-electron chi connectivity index (χ0n) is 7.62. The first-order valence-corrected chi connectivity index (χ1v) is 4.59. The van der Waals surface area contributed by atoms with Gasteiger partial charge in [0.2, 0.25) is 0 Å². The van der Waals surface area contributed by atoms with E-state index in [4.69, 9.17) is 16.7 Å². The van der Waals surface area contributed by atoms with E-state index in [0.29, 0.717) is 11.5 Å². The second-order valence-corrected chi connectivity index (χ2v) is 2.84. The Hall–Kier alpha value is -0.790. The monoisotopic (exact) mass is 198 g/mol. The summed E-state index contributed by atoms with van der Waals surface area (Å²) in [7, 11) is 0. The minimum Gasteiger partial charge on any atom is -0.396 e. The molecule has 2 heteroatoms. The van der Waals surface area contributed by atoms with Crippen LogP contribution >= 0.6 is 11.6 Å². The third kappa shape index (κ3) is 9.12. The van der Waals surface area contributed by atoms with Gasteiger partial charge in [0.15, 0.2) is 0 Å². The van der Waals surface area contributed by atoms with E-state index in [9.17, 15) is 0 Å². The van der Waals surface area contributed by atoms with E-state index in [0.717, 1.165) is 6.42 Å². The number of allylic oxidation sites excluding steroid dienone is 6. The van der Waals surface area contributed by atoms with E-state index in [1.165, 1.54) is 0 Å². The lowest BCUT2D eigenvalue weighted by molar-refractivity contribution is 0.302. The number of hydrogen-bond acceptors (Lipinski definition) is 1. The molecule has 0 aromatic heterocycles. The standard InChI is InChI=1S/C11H15ClO/c1-2-3-8-11(12)9-6-4-5-7-10-13/h2-5,8-9,13H,1,6-7,10H2/b5-4+,8-3-,11-9-. The van der Waals surface area contributed by atoms with Gasteiger partial charge in [-0.2, -0.15) is 0 Å². The zero-order valence-corrected chi connectivity index (χ0v) is 8.37. The van der Waals surface area contributed by atoms with E-state index < -0.39 is 0 Å². The van der Waals surface area contributed by atoms with Crippen LogP contribution in [0.25, 0.3) is 0 Å². The first kappa shape index (κ1) is 12.2. The predicted octanol–water partition coefficient (Wildman–Crippen LogP) is 3.18. The lowest BCUT2D eigenvalue weighted by Crippen LogP contribution is -1.74. The average molecular weight is 199 g/mol. The number of aliphatic hydroxyl groups excluding tert-OH is 1. The van der Waals surface area contributed by atoms with Crippen LogP contribution in [0.15, 0.2) is 48.1 Å². The molecule has 0 radical (unpaired) electrons. The van der Waals surface area contributed by atoms with Crippen LogP contribution < -0.4 is 0 Å². The number of aliphatic hydroxyl groups is 1.